The minimum atomic E-state index is -0.193. The lowest BCUT2D eigenvalue weighted by atomic mass is 9.90. The molecule has 0 spiro atoms. The summed E-state index contributed by atoms with van der Waals surface area (Å²) in [6, 6.07) is 2.37. The third-order valence-corrected chi connectivity index (χ3v) is 3.28. The van der Waals surface area contributed by atoms with E-state index < -0.39 is 0 Å². The Morgan fingerprint density at radius 2 is 2.13 bits per heavy atom. The largest absolute Gasteiger partial charge is 0.314 e. The van der Waals surface area contributed by atoms with E-state index in [-0.39, 0.29) is 11.0 Å². The summed E-state index contributed by atoms with van der Waals surface area (Å²) in [5.74, 6) is 0. The van der Waals surface area contributed by atoms with Gasteiger partial charge in [-0.3, -0.25) is 4.90 Å². The van der Waals surface area contributed by atoms with Gasteiger partial charge in [0, 0.05) is 31.7 Å². The Bertz CT molecular complexity index is 250. The fourth-order valence-electron chi connectivity index (χ4n) is 1.91. The highest BCUT2D eigenvalue weighted by atomic mass is 15.2. The van der Waals surface area contributed by atoms with Gasteiger partial charge < -0.3 is 5.32 Å². The Kier molecular flexibility index (Phi) is 3.75. The van der Waals surface area contributed by atoms with Crippen LogP contribution in [0.25, 0.3) is 0 Å². The molecule has 0 aromatic heterocycles. The second-order valence-electron chi connectivity index (χ2n) is 5.72. The maximum atomic E-state index is 8.97. The Labute approximate surface area is 93.5 Å². The predicted octanol–water partition coefficient (Wildman–Crippen LogP) is 1.61. The summed E-state index contributed by atoms with van der Waals surface area (Å²) in [4.78, 5) is 2.49. The van der Waals surface area contributed by atoms with Gasteiger partial charge in [0.25, 0.3) is 0 Å². The van der Waals surface area contributed by atoms with E-state index in [1.165, 1.54) is 0 Å². The van der Waals surface area contributed by atoms with E-state index in [1.807, 2.05) is 13.8 Å². The van der Waals surface area contributed by atoms with Gasteiger partial charge in [-0.1, -0.05) is 0 Å². The van der Waals surface area contributed by atoms with E-state index in [1.54, 1.807) is 0 Å². The number of nitrogens with zero attached hydrogens (tertiary/aromatic N) is 2. The Morgan fingerprint density at radius 3 is 2.67 bits per heavy atom. The van der Waals surface area contributed by atoms with Crippen LogP contribution < -0.4 is 5.32 Å². The lowest BCUT2D eigenvalue weighted by Gasteiger charge is -2.43. The van der Waals surface area contributed by atoms with Gasteiger partial charge >= 0.3 is 0 Å². The van der Waals surface area contributed by atoms with Crippen LogP contribution in [0, 0.1) is 16.7 Å². The van der Waals surface area contributed by atoms with Crippen LogP contribution in [-0.2, 0) is 0 Å². The SMILES string of the molecule is CC(C)(C#N)CCN1CCNCC1(C)C. The van der Waals surface area contributed by atoms with Gasteiger partial charge in [0.1, 0.15) is 0 Å². The van der Waals surface area contributed by atoms with Crippen LogP contribution in [0.3, 0.4) is 0 Å². The van der Waals surface area contributed by atoms with Crippen molar-refractivity contribution in [2.24, 2.45) is 5.41 Å². The molecule has 1 aliphatic heterocycles. The minimum Gasteiger partial charge on any atom is -0.314 e. The molecule has 0 radical (unpaired) electrons. The number of nitrogens with one attached hydrogen (secondary N) is 1. The molecular weight excluding hydrogens is 186 g/mol. The normalized spacial score (nSPS) is 22.3. The zero-order chi connectivity index (χ0) is 11.5. The van der Waals surface area contributed by atoms with E-state index in [2.05, 4.69) is 30.1 Å². The molecule has 1 aliphatic rings. The van der Waals surface area contributed by atoms with Crippen LogP contribution in [0.2, 0.25) is 0 Å². The average Bonchev–Trinajstić information content (AvgIpc) is 2.16. The van der Waals surface area contributed by atoms with Crippen LogP contribution in [0.1, 0.15) is 34.1 Å². The molecule has 0 aliphatic carbocycles. The lowest BCUT2D eigenvalue weighted by Crippen LogP contribution is -2.58. The third-order valence-electron chi connectivity index (χ3n) is 3.28. The molecule has 1 N–H and O–H groups in total. The average molecular weight is 209 g/mol. The van der Waals surface area contributed by atoms with Crippen molar-refractivity contribution in [2.45, 2.75) is 39.7 Å². The fraction of sp³-hybridized carbons (Fsp3) is 0.917. The van der Waals surface area contributed by atoms with Crippen molar-refractivity contribution < 1.29 is 0 Å². The van der Waals surface area contributed by atoms with E-state index >= 15 is 0 Å². The van der Waals surface area contributed by atoms with Gasteiger partial charge in [0.2, 0.25) is 0 Å². The molecule has 0 atom stereocenters. The molecule has 1 heterocycles. The standard InChI is InChI=1S/C12H23N3/c1-11(2,9-13)5-7-15-8-6-14-10-12(15,3)4/h14H,5-8,10H2,1-4H3. The molecule has 0 aromatic rings. The quantitative estimate of drug-likeness (QED) is 0.767. The van der Waals surface area contributed by atoms with Crippen molar-refractivity contribution in [1.82, 2.24) is 10.2 Å². The van der Waals surface area contributed by atoms with E-state index in [0.717, 1.165) is 32.6 Å². The second kappa shape index (κ2) is 4.51. The first-order valence-electron chi connectivity index (χ1n) is 5.74. The van der Waals surface area contributed by atoms with Crippen LogP contribution in [0.4, 0.5) is 0 Å². The number of piperazine rings is 1. The first-order chi connectivity index (χ1) is 6.87. The van der Waals surface area contributed by atoms with Crippen LogP contribution in [0.15, 0.2) is 0 Å². The molecule has 86 valence electrons. The monoisotopic (exact) mass is 209 g/mol. The highest BCUT2D eigenvalue weighted by Gasteiger charge is 2.30. The highest BCUT2D eigenvalue weighted by molar-refractivity contribution is 4.94. The molecule has 3 nitrogen and oxygen atoms in total. The first kappa shape index (κ1) is 12.5. The molecule has 0 aromatic carbocycles. The van der Waals surface area contributed by atoms with Crippen molar-refractivity contribution in [3.63, 3.8) is 0 Å². The smallest absolute Gasteiger partial charge is 0.0684 e. The molecule has 1 fully saturated rings. The van der Waals surface area contributed by atoms with Crippen molar-refractivity contribution in [3.05, 3.63) is 0 Å². The summed E-state index contributed by atoms with van der Waals surface area (Å²) in [5, 5.41) is 12.4. The predicted molar refractivity (Wildman–Crippen MR) is 62.5 cm³/mol. The molecular formula is C12H23N3. The number of hydrogen-bond acceptors (Lipinski definition) is 3. The van der Waals surface area contributed by atoms with Gasteiger partial charge in [-0.05, 0) is 34.1 Å². The van der Waals surface area contributed by atoms with Crippen LogP contribution in [-0.4, -0.2) is 36.6 Å². The molecule has 15 heavy (non-hydrogen) atoms. The summed E-state index contributed by atoms with van der Waals surface area (Å²) in [7, 11) is 0. The fourth-order valence-corrected chi connectivity index (χ4v) is 1.91. The van der Waals surface area contributed by atoms with E-state index in [9.17, 15) is 0 Å². The second-order valence-corrected chi connectivity index (χ2v) is 5.72. The zero-order valence-electron chi connectivity index (χ0n) is 10.4. The molecule has 0 unspecified atom stereocenters. The summed E-state index contributed by atoms with van der Waals surface area (Å²) < 4.78 is 0. The number of hydrogen-bond donors (Lipinski definition) is 1. The minimum absolute atomic E-state index is 0.193. The van der Waals surface area contributed by atoms with Gasteiger partial charge in [-0.2, -0.15) is 5.26 Å². The molecule has 0 saturated carbocycles. The lowest BCUT2D eigenvalue weighted by molar-refractivity contribution is 0.0814. The maximum Gasteiger partial charge on any atom is 0.0684 e. The zero-order valence-corrected chi connectivity index (χ0v) is 10.4. The Balaban J connectivity index is 2.48. The van der Waals surface area contributed by atoms with Gasteiger partial charge in [0.05, 0.1) is 11.5 Å². The van der Waals surface area contributed by atoms with Crippen molar-refractivity contribution in [3.8, 4) is 6.07 Å². The molecule has 1 rings (SSSR count). The van der Waals surface area contributed by atoms with Crippen LogP contribution in [0.5, 0.6) is 0 Å². The first-order valence-corrected chi connectivity index (χ1v) is 5.74. The topological polar surface area (TPSA) is 39.1 Å². The summed E-state index contributed by atoms with van der Waals surface area (Å²) >= 11 is 0. The maximum absolute atomic E-state index is 8.97. The molecule has 0 bridgehead atoms. The Hall–Kier alpha value is -0.590. The van der Waals surface area contributed by atoms with Crippen LogP contribution >= 0.6 is 0 Å². The molecule has 3 heteroatoms. The van der Waals surface area contributed by atoms with Crippen molar-refractivity contribution in [1.29, 1.82) is 5.26 Å². The highest BCUT2D eigenvalue weighted by Crippen LogP contribution is 2.23. The van der Waals surface area contributed by atoms with Gasteiger partial charge in [0.15, 0.2) is 0 Å². The van der Waals surface area contributed by atoms with Crippen molar-refractivity contribution in [2.75, 3.05) is 26.2 Å². The third kappa shape index (κ3) is 3.48. The van der Waals surface area contributed by atoms with Gasteiger partial charge in [-0.25, -0.2) is 0 Å². The number of rotatable bonds is 3. The summed E-state index contributed by atoms with van der Waals surface area (Å²) in [6.45, 7) is 12.8. The Morgan fingerprint density at radius 1 is 1.47 bits per heavy atom. The number of nitriles is 1. The molecule has 1 saturated heterocycles. The summed E-state index contributed by atoms with van der Waals surface area (Å²) in [6.07, 6.45) is 0.951. The van der Waals surface area contributed by atoms with E-state index in [4.69, 9.17) is 5.26 Å². The molecule has 0 amide bonds. The van der Waals surface area contributed by atoms with Gasteiger partial charge in [-0.15, -0.1) is 0 Å². The van der Waals surface area contributed by atoms with Crippen molar-refractivity contribution >= 4 is 0 Å². The van der Waals surface area contributed by atoms with E-state index in [0.29, 0.717) is 0 Å². The summed E-state index contributed by atoms with van der Waals surface area (Å²) in [5.41, 5.74) is 0.0325.